The third kappa shape index (κ3) is 5.35. The molecule has 0 bridgehead atoms. The number of hydrogen-bond donors (Lipinski definition) is 0. The van der Waals surface area contributed by atoms with Crippen LogP contribution in [0.4, 0.5) is 0 Å². The van der Waals surface area contributed by atoms with E-state index in [1.165, 1.54) is 5.57 Å². The van der Waals surface area contributed by atoms with Gasteiger partial charge in [-0.2, -0.15) is 0 Å². The summed E-state index contributed by atoms with van der Waals surface area (Å²) >= 11 is 0. The highest BCUT2D eigenvalue weighted by Gasteiger charge is 1.80. The van der Waals surface area contributed by atoms with Crippen LogP contribution in [-0.4, -0.2) is 0 Å². The van der Waals surface area contributed by atoms with Crippen molar-refractivity contribution in [2.75, 3.05) is 0 Å². The molecule has 0 saturated heterocycles. The van der Waals surface area contributed by atoms with Crippen molar-refractivity contribution >= 4 is 0 Å². The highest BCUT2D eigenvalue weighted by atomic mass is 13.9. The monoisotopic (exact) mass is 124 g/mol. The largest absolute Gasteiger partial charge is 0.0913 e. The van der Waals surface area contributed by atoms with Crippen LogP contribution in [0.2, 0.25) is 0 Å². The molecule has 0 heteroatoms. The Labute approximate surface area is 58.3 Å². The molecular weight excluding hydrogens is 108 g/mol. The summed E-state index contributed by atoms with van der Waals surface area (Å²) in [5.74, 6) is 0. The van der Waals surface area contributed by atoms with Crippen molar-refractivity contribution in [3.63, 3.8) is 0 Å². The Morgan fingerprint density at radius 2 is 2.11 bits per heavy atom. The Balaban J connectivity index is 3.49. The molecule has 0 spiro atoms. The van der Waals surface area contributed by atoms with E-state index in [1.807, 2.05) is 0 Å². The van der Waals surface area contributed by atoms with Crippen LogP contribution in [-0.2, 0) is 0 Å². The molecule has 0 amide bonds. The average Bonchev–Trinajstić information content (AvgIpc) is 1.85. The van der Waals surface area contributed by atoms with Gasteiger partial charge in [0.05, 0.1) is 0 Å². The van der Waals surface area contributed by atoms with Gasteiger partial charge in [0, 0.05) is 0 Å². The van der Waals surface area contributed by atoms with Gasteiger partial charge in [0.25, 0.3) is 0 Å². The van der Waals surface area contributed by atoms with E-state index >= 15 is 0 Å². The van der Waals surface area contributed by atoms with Crippen LogP contribution in [0.15, 0.2) is 23.8 Å². The fraction of sp³-hybridized carbons (Fsp3) is 0.556. The van der Waals surface area contributed by atoms with Gasteiger partial charge in [-0.25, -0.2) is 0 Å². The van der Waals surface area contributed by atoms with Crippen molar-refractivity contribution in [3.05, 3.63) is 23.8 Å². The topological polar surface area (TPSA) is 0 Å². The van der Waals surface area contributed by atoms with Gasteiger partial charge in [-0.3, -0.25) is 0 Å². The molecule has 0 heterocycles. The van der Waals surface area contributed by atoms with Crippen LogP contribution < -0.4 is 0 Å². The van der Waals surface area contributed by atoms with Crippen LogP contribution in [0.5, 0.6) is 0 Å². The van der Waals surface area contributed by atoms with Gasteiger partial charge in [0.2, 0.25) is 0 Å². The first-order chi connectivity index (χ1) is 4.31. The Morgan fingerprint density at radius 1 is 1.44 bits per heavy atom. The normalized spacial score (nSPS) is 13.0. The molecule has 0 unspecified atom stereocenters. The van der Waals surface area contributed by atoms with Crippen LogP contribution in [0, 0.1) is 0 Å². The van der Waals surface area contributed by atoms with Crippen molar-refractivity contribution < 1.29 is 0 Å². The van der Waals surface area contributed by atoms with E-state index in [9.17, 15) is 0 Å². The fourth-order valence-electron chi connectivity index (χ4n) is 0.736. The minimum atomic E-state index is 1.12. The Kier molecular flexibility index (Phi) is 5.29. The van der Waals surface area contributed by atoms with Gasteiger partial charge < -0.3 is 0 Å². The average molecular weight is 124 g/mol. The summed E-state index contributed by atoms with van der Waals surface area (Å²) in [5.41, 5.74) is 1.47. The van der Waals surface area contributed by atoms with Crippen LogP contribution in [0.3, 0.4) is 0 Å². The van der Waals surface area contributed by atoms with Gasteiger partial charge in [-0.1, -0.05) is 30.7 Å². The second kappa shape index (κ2) is 5.61. The maximum Gasteiger partial charge on any atom is -0.0142 e. The van der Waals surface area contributed by atoms with E-state index in [1.54, 1.807) is 0 Å². The Bertz CT molecular complexity index is 107. The molecule has 0 aliphatic rings. The summed E-state index contributed by atoms with van der Waals surface area (Å²) in [4.78, 5) is 0. The molecule has 0 aliphatic carbocycles. The molecule has 0 fully saturated rings. The molecule has 0 aromatic carbocycles. The second-order valence-corrected chi connectivity index (χ2v) is 2.23. The molecule has 9 heavy (non-hydrogen) atoms. The SMILES string of the molecule is C/C=C/C/C(C)=C/CC. The summed E-state index contributed by atoms with van der Waals surface area (Å²) in [7, 11) is 0. The molecule has 0 N–H and O–H groups in total. The van der Waals surface area contributed by atoms with Gasteiger partial charge in [0.15, 0.2) is 0 Å². The molecule has 0 nitrogen and oxygen atoms in total. The van der Waals surface area contributed by atoms with E-state index in [2.05, 4.69) is 39.0 Å². The lowest BCUT2D eigenvalue weighted by atomic mass is 10.2. The Hall–Kier alpha value is -0.520. The number of hydrogen-bond acceptors (Lipinski definition) is 0. The van der Waals surface area contributed by atoms with Gasteiger partial charge in [-0.05, 0) is 26.7 Å². The molecule has 0 aliphatic heterocycles. The number of allylic oxidation sites excluding steroid dienone is 4. The zero-order valence-electron chi connectivity index (χ0n) is 6.65. The smallest absolute Gasteiger partial charge is 0.0142 e. The minimum Gasteiger partial charge on any atom is -0.0913 e. The van der Waals surface area contributed by atoms with E-state index in [0.29, 0.717) is 0 Å². The van der Waals surface area contributed by atoms with Gasteiger partial charge in [0.1, 0.15) is 0 Å². The van der Waals surface area contributed by atoms with E-state index in [-0.39, 0.29) is 0 Å². The van der Waals surface area contributed by atoms with Crippen LogP contribution in [0.25, 0.3) is 0 Å². The predicted octanol–water partition coefficient (Wildman–Crippen LogP) is 3.31. The van der Waals surface area contributed by atoms with Crippen LogP contribution >= 0.6 is 0 Å². The third-order valence-electron chi connectivity index (χ3n) is 1.23. The zero-order valence-corrected chi connectivity index (χ0v) is 6.65. The highest BCUT2D eigenvalue weighted by Crippen LogP contribution is 2.01. The summed E-state index contributed by atoms with van der Waals surface area (Å²) in [6, 6.07) is 0. The molecule has 52 valence electrons. The Morgan fingerprint density at radius 3 is 2.56 bits per heavy atom. The van der Waals surface area contributed by atoms with Gasteiger partial charge in [-0.15, -0.1) is 0 Å². The van der Waals surface area contributed by atoms with Crippen molar-refractivity contribution in [1.29, 1.82) is 0 Å². The molecule has 0 aromatic heterocycles. The third-order valence-corrected chi connectivity index (χ3v) is 1.23. The second-order valence-electron chi connectivity index (χ2n) is 2.23. The van der Waals surface area contributed by atoms with Gasteiger partial charge >= 0.3 is 0 Å². The fourth-order valence-corrected chi connectivity index (χ4v) is 0.736. The first-order valence-corrected chi connectivity index (χ1v) is 3.58. The zero-order chi connectivity index (χ0) is 7.11. The molecule has 0 saturated carbocycles. The highest BCUT2D eigenvalue weighted by molar-refractivity contribution is 5.03. The number of rotatable bonds is 3. The lowest BCUT2D eigenvalue weighted by Gasteiger charge is -1.91. The lowest BCUT2D eigenvalue weighted by molar-refractivity contribution is 1.12. The molecule has 0 radical (unpaired) electrons. The van der Waals surface area contributed by atoms with E-state index < -0.39 is 0 Å². The standard InChI is InChI=1S/C9H16/c1-4-6-8-9(3)7-5-2/h4,6-7H,5,8H2,1-3H3/b6-4+,9-7+. The minimum absolute atomic E-state index is 1.12. The maximum atomic E-state index is 2.26. The summed E-state index contributed by atoms with van der Waals surface area (Å²) in [6.07, 6.45) is 8.81. The van der Waals surface area contributed by atoms with Crippen molar-refractivity contribution in [1.82, 2.24) is 0 Å². The van der Waals surface area contributed by atoms with Crippen molar-refractivity contribution in [2.24, 2.45) is 0 Å². The molecular formula is C9H16. The first-order valence-electron chi connectivity index (χ1n) is 3.58. The lowest BCUT2D eigenvalue weighted by Crippen LogP contribution is -1.70. The summed E-state index contributed by atoms with van der Waals surface area (Å²) < 4.78 is 0. The van der Waals surface area contributed by atoms with Crippen molar-refractivity contribution in [3.8, 4) is 0 Å². The predicted molar refractivity (Wildman–Crippen MR) is 43.5 cm³/mol. The molecule has 0 aromatic rings. The summed E-state index contributed by atoms with van der Waals surface area (Å²) in [6.45, 7) is 6.39. The first kappa shape index (κ1) is 8.48. The summed E-state index contributed by atoms with van der Waals surface area (Å²) in [5, 5.41) is 0. The van der Waals surface area contributed by atoms with E-state index in [0.717, 1.165) is 12.8 Å². The molecule has 0 rings (SSSR count). The quantitative estimate of drug-likeness (QED) is 0.506. The maximum absolute atomic E-state index is 2.26. The van der Waals surface area contributed by atoms with Crippen molar-refractivity contribution in [2.45, 2.75) is 33.6 Å². The van der Waals surface area contributed by atoms with Crippen LogP contribution in [0.1, 0.15) is 33.6 Å². The van der Waals surface area contributed by atoms with E-state index in [4.69, 9.17) is 0 Å². The molecule has 0 atom stereocenters.